The lowest BCUT2D eigenvalue weighted by atomic mass is 9.81. The van der Waals surface area contributed by atoms with Crippen LogP contribution in [0.1, 0.15) is 65.2 Å². The summed E-state index contributed by atoms with van der Waals surface area (Å²) in [5.41, 5.74) is 1.75. The molecule has 0 saturated heterocycles. The third kappa shape index (κ3) is 7.39. The van der Waals surface area contributed by atoms with E-state index in [2.05, 4.69) is 10.3 Å². The molecule has 12 heteroatoms. The van der Waals surface area contributed by atoms with Gasteiger partial charge in [0.25, 0.3) is 0 Å². The van der Waals surface area contributed by atoms with E-state index in [1.165, 1.54) is 28.6 Å². The third-order valence-corrected chi connectivity index (χ3v) is 9.26. The van der Waals surface area contributed by atoms with Crippen molar-refractivity contribution in [2.24, 2.45) is 5.41 Å². The van der Waals surface area contributed by atoms with Crippen LogP contribution in [0.4, 0.5) is 0 Å². The van der Waals surface area contributed by atoms with E-state index < -0.39 is 33.5 Å². The zero-order valence-corrected chi connectivity index (χ0v) is 25.9. The second kappa shape index (κ2) is 13.5. The molecule has 4 rings (SSSR count). The largest absolute Gasteiger partial charge is 0.481 e. The van der Waals surface area contributed by atoms with Gasteiger partial charge >= 0.3 is 11.9 Å². The predicted molar refractivity (Wildman–Crippen MR) is 162 cm³/mol. The van der Waals surface area contributed by atoms with Gasteiger partial charge in [0, 0.05) is 19.6 Å². The van der Waals surface area contributed by atoms with Crippen molar-refractivity contribution in [3.63, 3.8) is 0 Å². The maximum atomic E-state index is 13.9. The lowest BCUT2D eigenvalue weighted by molar-refractivity contribution is -0.158. The highest BCUT2D eigenvalue weighted by Gasteiger charge is 2.39. The summed E-state index contributed by atoms with van der Waals surface area (Å²) in [6.45, 7) is 7.43. The number of carboxylic acid groups (broad SMARTS) is 2. The molecule has 3 aromatic carbocycles. The molecule has 0 aliphatic carbocycles. The number of hydrogen-bond acceptors (Lipinski definition) is 7. The number of sulfonamides is 1. The molecular formula is C32H36N4O7S. The molecule has 0 aliphatic rings. The molecule has 1 atom stereocenters. The van der Waals surface area contributed by atoms with E-state index in [-0.39, 0.29) is 30.2 Å². The predicted octanol–water partition coefficient (Wildman–Crippen LogP) is 5.06. The number of ether oxygens (including phenoxy) is 1. The van der Waals surface area contributed by atoms with E-state index in [1.807, 2.05) is 19.9 Å². The van der Waals surface area contributed by atoms with E-state index in [9.17, 15) is 28.2 Å². The first kappa shape index (κ1) is 32.5. The van der Waals surface area contributed by atoms with Crippen molar-refractivity contribution in [1.29, 1.82) is 0 Å². The monoisotopic (exact) mass is 620 g/mol. The number of aromatic nitrogens is 3. The number of hydrogen-bond donors (Lipinski definition) is 2. The van der Waals surface area contributed by atoms with Gasteiger partial charge in [-0.2, -0.15) is 4.31 Å². The Morgan fingerprint density at radius 1 is 1.00 bits per heavy atom. The average molecular weight is 621 g/mol. The third-order valence-electron chi connectivity index (χ3n) is 7.45. The normalized spacial score (nSPS) is 12.8. The maximum absolute atomic E-state index is 13.9. The average Bonchev–Trinajstić information content (AvgIpc) is 3.47. The highest BCUT2D eigenvalue weighted by atomic mass is 32.2. The number of carboxylic acids is 2. The number of aliphatic carboxylic acids is 1. The van der Waals surface area contributed by atoms with E-state index in [0.29, 0.717) is 28.9 Å². The quantitative estimate of drug-likeness (QED) is 0.197. The Balaban J connectivity index is 1.73. The van der Waals surface area contributed by atoms with E-state index in [0.717, 1.165) is 5.56 Å². The highest BCUT2D eigenvalue weighted by molar-refractivity contribution is 7.89. The van der Waals surface area contributed by atoms with Crippen molar-refractivity contribution < 1.29 is 33.0 Å². The number of rotatable bonds is 14. The fourth-order valence-electron chi connectivity index (χ4n) is 4.75. The molecule has 0 fully saturated rings. The van der Waals surface area contributed by atoms with Gasteiger partial charge in [0.1, 0.15) is 5.69 Å². The van der Waals surface area contributed by atoms with Crippen LogP contribution in [0.15, 0.2) is 83.9 Å². The Hall–Kier alpha value is -4.39. The summed E-state index contributed by atoms with van der Waals surface area (Å²) in [5, 5.41) is 27.7. The van der Waals surface area contributed by atoms with Crippen molar-refractivity contribution in [3.8, 4) is 0 Å². The van der Waals surface area contributed by atoms with Gasteiger partial charge in [0.15, 0.2) is 0 Å². The van der Waals surface area contributed by atoms with Crippen LogP contribution >= 0.6 is 0 Å². The molecule has 44 heavy (non-hydrogen) atoms. The highest BCUT2D eigenvalue weighted by Crippen LogP contribution is 2.38. The summed E-state index contributed by atoms with van der Waals surface area (Å²) < 4.78 is 37.0. The molecule has 0 radical (unpaired) electrons. The fraction of sp³-hybridized carbons (Fsp3) is 0.312. The summed E-state index contributed by atoms with van der Waals surface area (Å²) in [6.07, 6.45) is 0.828. The molecule has 4 aromatic rings. The van der Waals surface area contributed by atoms with Crippen LogP contribution in [-0.2, 0) is 45.8 Å². The molecule has 0 bridgehead atoms. The minimum Gasteiger partial charge on any atom is -0.481 e. The zero-order valence-electron chi connectivity index (χ0n) is 25.0. The second-order valence-electron chi connectivity index (χ2n) is 11.1. The number of benzene rings is 3. The SMILES string of the molecule is CCn1cc(COC(c2ccc(C)c(CN(Cc3cccc(C(=O)O)c3)S(=O)(=O)c3ccccc3)c2)C(C)(C)C(=O)O)nn1. The van der Waals surface area contributed by atoms with Crippen LogP contribution in [0.3, 0.4) is 0 Å². The maximum Gasteiger partial charge on any atom is 0.335 e. The Kier molecular flexibility index (Phi) is 9.98. The Labute approximate surface area is 256 Å². The number of aromatic carboxylic acids is 1. The first-order valence-electron chi connectivity index (χ1n) is 14.0. The van der Waals surface area contributed by atoms with Crippen molar-refractivity contribution >= 4 is 22.0 Å². The Bertz CT molecular complexity index is 1740. The van der Waals surface area contributed by atoms with Gasteiger partial charge in [-0.1, -0.05) is 53.7 Å². The summed E-state index contributed by atoms with van der Waals surface area (Å²) in [4.78, 5) is 24.0. The molecule has 0 amide bonds. The van der Waals surface area contributed by atoms with Gasteiger partial charge in [0.05, 0.1) is 34.8 Å². The molecule has 1 heterocycles. The summed E-state index contributed by atoms with van der Waals surface area (Å²) in [6, 6.07) is 19.5. The smallest absolute Gasteiger partial charge is 0.335 e. The number of carbonyl (C=O) groups is 2. The van der Waals surface area contributed by atoms with Gasteiger partial charge < -0.3 is 14.9 Å². The van der Waals surface area contributed by atoms with Crippen LogP contribution in [0.25, 0.3) is 0 Å². The minimum absolute atomic E-state index is 0.0268. The van der Waals surface area contributed by atoms with E-state index >= 15 is 0 Å². The van der Waals surface area contributed by atoms with Crippen molar-refractivity contribution in [1.82, 2.24) is 19.3 Å². The molecule has 2 N–H and O–H groups in total. The molecular weight excluding hydrogens is 584 g/mol. The lowest BCUT2D eigenvalue weighted by Gasteiger charge is -2.31. The molecule has 0 aliphatic heterocycles. The van der Waals surface area contributed by atoms with Crippen molar-refractivity contribution in [3.05, 3.63) is 113 Å². The Morgan fingerprint density at radius 2 is 1.73 bits per heavy atom. The van der Waals surface area contributed by atoms with Crippen molar-refractivity contribution in [2.45, 2.75) is 64.9 Å². The molecule has 232 valence electrons. The van der Waals surface area contributed by atoms with E-state index in [1.54, 1.807) is 67.2 Å². The summed E-state index contributed by atoms with van der Waals surface area (Å²) >= 11 is 0. The first-order chi connectivity index (χ1) is 20.8. The zero-order chi connectivity index (χ0) is 32.1. The Morgan fingerprint density at radius 3 is 2.36 bits per heavy atom. The molecule has 0 saturated carbocycles. The molecule has 1 aromatic heterocycles. The summed E-state index contributed by atoms with van der Waals surface area (Å²) in [7, 11) is -4.03. The van der Waals surface area contributed by atoms with Crippen LogP contribution in [-0.4, -0.2) is 49.9 Å². The number of nitrogens with zero attached hydrogens (tertiary/aromatic N) is 4. The number of aryl methyl sites for hydroxylation is 2. The fourth-order valence-corrected chi connectivity index (χ4v) is 6.18. The first-order valence-corrected chi connectivity index (χ1v) is 15.5. The second-order valence-corrected chi connectivity index (χ2v) is 13.0. The summed E-state index contributed by atoms with van der Waals surface area (Å²) in [5.74, 6) is -2.18. The molecule has 11 nitrogen and oxygen atoms in total. The molecule has 0 spiro atoms. The van der Waals surface area contributed by atoms with Crippen LogP contribution in [0, 0.1) is 12.3 Å². The van der Waals surface area contributed by atoms with Crippen LogP contribution in [0.2, 0.25) is 0 Å². The molecule has 1 unspecified atom stereocenters. The lowest BCUT2D eigenvalue weighted by Crippen LogP contribution is -2.33. The van der Waals surface area contributed by atoms with Gasteiger partial charge in [0.2, 0.25) is 10.0 Å². The van der Waals surface area contributed by atoms with Gasteiger partial charge in [-0.15, -0.1) is 5.10 Å². The van der Waals surface area contributed by atoms with E-state index in [4.69, 9.17) is 4.74 Å². The van der Waals surface area contributed by atoms with Gasteiger partial charge in [-0.25, -0.2) is 13.2 Å². The van der Waals surface area contributed by atoms with Gasteiger partial charge in [-0.05, 0) is 74.2 Å². The van der Waals surface area contributed by atoms with Gasteiger partial charge in [-0.3, -0.25) is 9.48 Å². The van der Waals surface area contributed by atoms with Crippen LogP contribution in [0.5, 0.6) is 0 Å². The topological polar surface area (TPSA) is 152 Å². The van der Waals surface area contributed by atoms with Crippen molar-refractivity contribution in [2.75, 3.05) is 0 Å². The standard InChI is InChI=1S/C32H36N4O7S/c1-5-35-20-27(33-34-35)21-43-29(32(3,4)31(39)40)24-15-14-22(2)26(17-24)19-36(44(41,42)28-12-7-6-8-13-28)18-23-10-9-11-25(16-23)30(37)38/h6-17,20,29H,5,18-19,21H2,1-4H3,(H,37,38)(H,39,40). The minimum atomic E-state index is -4.03. The van der Waals surface area contributed by atoms with Crippen LogP contribution < -0.4 is 0 Å².